The van der Waals surface area contributed by atoms with E-state index in [-0.39, 0.29) is 71.9 Å². The summed E-state index contributed by atoms with van der Waals surface area (Å²) in [7, 11) is 0. The van der Waals surface area contributed by atoms with Crippen molar-refractivity contribution in [3.05, 3.63) is 68.8 Å². The first-order chi connectivity index (χ1) is 20.3. The molecule has 0 aliphatic heterocycles. The fourth-order valence-corrected chi connectivity index (χ4v) is 7.25. The minimum Gasteiger partial charge on any atom is -0.300 e. The molecule has 5 nitrogen and oxygen atoms in total. The normalized spacial score (nSPS) is 16.1. The van der Waals surface area contributed by atoms with Crippen LogP contribution in [0.15, 0.2) is 24.3 Å². The minimum absolute atomic E-state index is 0.00878. The molecule has 1 aliphatic rings. The highest BCUT2D eigenvalue weighted by Gasteiger charge is 2.35. The Balaban J connectivity index is 1.88. The summed E-state index contributed by atoms with van der Waals surface area (Å²) in [5.74, 6) is 0.466. The van der Waals surface area contributed by atoms with Crippen molar-refractivity contribution in [1.82, 2.24) is 0 Å². The number of carbonyl (C=O) groups excluding carboxylic acids is 5. The fraction of sp³-hybridized carbons (Fsp3) is 0.553. The molecule has 232 valence electrons. The Morgan fingerprint density at radius 1 is 0.953 bits per heavy atom. The molecule has 43 heavy (non-hydrogen) atoms. The largest absolute Gasteiger partial charge is 0.300 e. The van der Waals surface area contributed by atoms with Gasteiger partial charge in [0.15, 0.2) is 11.6 Å². The molecule has 0 radical (unpaired) electrons. The van der Waals surface area contributed by atoms with Crippen molar-refractivity contribution in [3.63, 3.8) is 0 Å². The molecular weight excluding hydrogens is 536 g/mol. The highest BCUT2D eigenvalue weighted by Crippen LogP contribution is 2.40. The number of rotatable bonds is 15. The first kappa shape index (κ1) is 34.3. The molecule has 0 amide bonds. The van der Waals surface area contributed by atoms with Gasteiger partial charge in [0.05, 0.1) is 6.42 Å². The molecule has 3 atom stereocenters. The number of benzene rings is 2. The third-order valence-corrected chi connectivity index (χ3v) is 9.32. The van der Waals surface area contributed by atoms with E-state index in [9.17, 15) is 24.0 Å². The van der Waals surface area contributed by atoms with Crippen LogP contribution < -0.4 is 0 Å². The van der Waals surface area contributed by atoms with Gasteiger partial charge in [0.1, 0.15) is 17.3 Å². The van der Waals surface area contributed by atoms with Gasteiger partial charge < -0.3 is 0 Å². The summed E-state index contributed by atoms with van der Waals surface area (Å²) in [4.78, 5) is 63.7. The van der Waals surface area contributed by atoms with Crippen LogP contribution in [0.5, 0.6) is 0 Å². The smallest absolute Gasteiger partial charge is 0.163 e. The van der Waals surface area contributed by atoms with Gasteiger partial charge in [0, 0.05) is 36.3 Å². The number of Topliss-reactive ketones (excluding diaryl/α,β-unsaturated/α-hetero) is 5. The highest BCUT2D eigenvalue weighted by molar-refractivity contribution is 6.01. The maximum Gasteiger partial charge on any atom is 0.163 e. The van der Waals surface area contributed by atoms with Crippen molar-refractivity contribution in [1.29, 1.82) is 0 Å². The van der Waals surface area contributed by atoms with Crippen LogP contribution in [0.1, 0.15) is 140 Å². The molecule has 2 aromatic rings. The van der Waals surface area contributed by atoms with Crippen LogP contribution >= 0.6 is 0 Å². The van der Waals surface area contributed by atoms with E-state index in [2.05, 4.69) is 26.8 Å². The van der Waals surface area contributed by atoms with Gasteiger partial charge in [0.2, 0.25) is 0 Å². The van der Waals surface area contributed by atoms with Gasteiger partial charge >= 0.3 is 0 Å². The number of aryl methyl sites for hydroxylation is 1. The zero-order chi connectivity index (χ0) is 32.0. The predicted octanol–water partition coefficient (Wildman–Crippen LogP) is 8.11. The summed E-state index contributed by atoms with van der Waals surface area (Å²) in [5, 5.41) is 0. The number of hydrogen-bond donors (Lipinski definition) is 0. The van der Waals surface area contributed by atoms with Gasteiger partial charge in [-0.3, -0.25) is 24.0 Å². The van der Waals surface area contributed by atoms with Crippen molar-refractivity contribution in [3.8, 4) is 0 Å². The van der Waals surface area contributed by atoms with Gasteiger partial charge in [-0.15, -0.1) is 0 Å². The van der Waals surface area contributed by atoms with Crippen molar-refractivity contribution in [2.24, 2.45) is 17.8 Å². The molecule has 0 heterocycles. The highest BCUT2D eigenvalue weighted by atomic mass is 16.2. The lowest BCUT2D eigenvalue weighted by molar-refractivity contribution is -0.130. The van der Waals surface area contributed by atoms with Crippen LogP contribution in [-0.4, -0.2) is 28.9 Å². The van der Waals surface area contributed by atoms with E-state index in [0.29, 0.717) is 18.4 Å². The molecule has 0 saturated carbocycles. The molecule has 2 aromatic carbocycles. The van der Waals surface area contributed by atoms with Gasteiger partial charge in [-0.2, -0.15) is 0 Å². The van der Waals surface area contributed by atoms with Crippen molar-refractivity contribution < 1.29 is 24.0 Å². The molecule has 0 saturated heterocycles. The number of hydrogen-bond acceptors (Lipinski definition) is 5. The van der Waals surface area contributed by atoms with E-state index in [0.717, 1.165) is 64.6 Å². The fourth-order valence-electron chi connectivity index (χ4n) is 7.25. The van der Waals surface area contributed by atoms with Crippen LogP contribution in [-0.2, 0) is 33.6 Å². The number of fused-ring (bicyclic) bond motifs is 1. The van der Waals surface area contributed by atoms with Gasteiger partial charge in [-0.05, 0) is 104 Å². The van der Waals surface area contributed by atoms with Gasteiger partial charge in [-0.25, -0.2) is 0 Å². The van der Waals surface area contributed by atoms with Crippen molar-refractivity contribution in [2.75, 3.05) is 0 Å². The van der Waals surface area contributed by atoms with Gasteiger partial charge in [0.25, 0.3) is 0 Å². The van der Waals surface area contributed by atoms with Gasteiger partial charge in [-0.1, -0.05) is 58.7 Å². The second kappa shape index (κ2) is 15.0. The number of ketones is 5. The first-order valence-electron chi connectivity index (χ1n) is 16.1. The zero-order valence-electron chi connectivity index (χ0n) is 27.5. The van der Waals surface area contributed by atoms with Crippen LogP contribution in [0.2, 0.25) is 0 Å². The van der Waals surface area contributed by atoms with E-state index < -0.39 is 0 Å². The van der Waals surface area contributed by atoms with Crippen LogP contribution in [0.25, 0.3) is 0 Å². The third kappa shape index (κ3) is 8.46. The molecule has 0 aromatic heterocycles. The second-order valence-corrected chi connectivity index (χ2v) is 13.2. The maximum atomic E-state index is 13.8. The van der Waals surface area contributed by atoms with E-state index in [1.165, 1.54) is 6.92 Å². The van der Waals surface area contributed by atoms with Crippen LogP contribution in [0.3, 0.4) is 0 Å². The Hall–Kier alpha value is -3.21. The summed E-state index contributed by atoms with van der Waals surface area (Å²) < 4.78 is 0. The molecule has 0 bridgehead atoms. The Kier molecular flexibility index (Phi) is 12.0. The monoisotopic (exact) mass is 586 g/mol. The van der Waals surface area contributed by atoms with E-state index in [1.807, 2.05) is 39.0 Å². The molecule has 0 fully saturated rings. The molecule has 3 unspecified atom stereocenters. The third-order valence-electron chi connectivity index (χ3n) is 9.32. The standard InChI is InChI=1S/C38H50O5/c1-9-11-29(32(10-2)36(42)14-24(6)39)15-28-18-35-33(22(3)4)21-30(25(7)38(35)37(43)19-28)20-31(41)16-27-13-12-23(5)34(17-27)26(8)40/h12-13,17,21-22,28-29,32H,9-11,14-16,18-20H2,1-8H3. The Bertz CT molecular complexity index is 1400. The van der Waals surface area contributed by atoms with E-state index in [4.69, 9.17) is 0 Å². The average Bonchev–Trinajstić information content (AvgIpc) is 2.90. The average molecular weight is 587 g/mol. The lowest BCUT2D eigenvalue weighted by Crippen LogP contribution is -2.30. The van der Waals surface area contributed by atoms with E-state index in [1.54, 1.807) is 6.92 Å². The summed E-state index contributed by atoms with van der Waals surface area (Å²) in [6.45, 7) is 15.3. The Morgan fingerprint density at radius 3 is 2.23 bits per heavy atom. The Morgan fingerprint density at radius 2 is 1.65 bits per heavy atom. The van der Waals surface area contributed by atoms with Crippen molar-refractivity contribution >= 4 is 28.9 Å². The summed E-state index contributed by atoms with van der Waals surface area (Å²) in [6.07, 6.45) is 5.08. The topological polar surface area (TPSA) is 85.3 Å². The molecule has 5 heteroatoms. The second-order valence-electron chi connectivity index (χ2n) is 13.2. The lowest BCUT2D eigenvalue weighted by atomic mass is 9.70. The molecule has 3 rings (SSSR count). The van der Waals surface area contributed by atoms with E-state index >= 15 is 0 Å². The lowest BCUT2D eigenvalue weighted by Gasteiger charge is -2.33. The molecule has 0 N–H and O–H groups in total. The molecule has 0 spiro atoms. The quantitative estimate of drug-likeness (QED) is 0.155. The first-order valence-corrected chi connectivity index (χ1v) is 16.1. The summed E-state index contributed by atoms with van der Waals surface area (Å²) in [6, 6.07) is 7.76. The number of carbonyl (C=O) groups is 5. The Labute approximate surface area is 258 Å². The molecule has 1 aliphatic carbocycles. The molecular formula is C38H50O5. The zero-order valence-corrected chi connectivity index (χ0v) is 27.5. The SMILES string of the molecule is CCCC(CC1CC(=O)c2c(C)c(CC(=O)Cc3ccc(C)c(C(C)=O)c3)cc(C(C)C)c2C1)C(CC)C(=O)CC(C)=O. The maximum absolute atomic E-state index is 13.8. The van der Waals surface area contributed by atoms with Crippen molar-refractivity contribution in [2.45, 2.75) is 119 Å². The summed E-state index contributed by atoms with van der Waals surface area (Å²) >= 11 is 0. The van der Waals surface area contributed by atoms with Crippen LogP contribution in [0.4, 0.5) is 0 Å². The van der Waals surface area contributed by atoms with Crippen LogP contribution in [0, 0.1) is 31.6 Å². The summed E-state index contributed by atoms with van der Waals surface area (Å²) in [5.41, 5.74) is 7.20. The minimum atomic E-state index is -0.153. The predicted molar refractivity (Wildman–Crippen MR) is 172 cm³/mol.